The molecule has 0 bridgehead atoms. The molecular formula is C29H23NO2S2. The van der Waals surface area contributed by atoms with Gasteiger partial charge in [-0.1, -0.05) is 108 Å². The van der Waals surface area contributed by atoms with Gasteiger partial charge in [-0.2, -0.15) is 0 Å². The molecule has 3 nitrogen and oxygen atoms in total. The summed E-state index contributed by atoms with van der Waals surface area (Å²) >= 11 is 1.57. The molecule has 5 rings (SSSR count). The number of hydrogen-bond acceptors (Lipinski definition) is 3. The molecular weight excluding hydrogens is 458 g/mol. The van der Waals surface area contributed by atoms with Crippen LogP contribution < -0.4 is 0 Å². The van der Waals surface area contributed by atoms with Crippen molar-refractivity contribution >= 4 is 21.8 Å². The standard InChI is InChI=1S/C29H23NO2S2/c1-22-17-19-26(20-18-22)34(31,32)30-27(23-11-5-2-6-12-23)21-28(33-25-15-9-4-10-16-25)29(30)24-13-7-3-8-14-24/h2-21H,1H3. The molecule has 0 unspecified atom stereocenters. The van der Waals surface area contributed by atoms with Crippen LogP contribution in [0, 0.1) is 6.92 Å². The lowest BCUT2D eigenvalue weighted by atomic mass is 10.1. The van der Waals surface area contributed by atoms with Crippen LogP contribution in [0.3, 0.4) is 0 Å². The van der Waals surface area contributed by atoms with Gasteiger partial charge in [-0.15, -0.1) is 0 Å². The third kappa shape index (κ3) is 4.32. The van der Waals surface area contributed by atoms with Crippen molar-refractivity contribution in [3.8, 4) is 22.5 Å². The van der Waals surface area contributed by atoms with Gasteiger partial charge in [-0.05, 0) is 42.8 Å². The van der Waals surface area contributed by atoms with Crippen LogP contribution in [0.1, 0.15) is 5.56 Å². The van der Waals surface area contributed by atoms with Gasteiger partial charge in [0.05, 0.1) is 16.3 Å². The van der Waals surface area contributed by atoms with Gasteiger partial charge in [-0.25, -0.2) is 12.4 Å². The Hall–Kier alpha value is -3.54. The van der Waals surface area contributed by atoms with Crippen LogP contribution in [0.25, 0.3) is 22.5 Å². The summed E-state index contributed by atoms with van der Waals surface area (Å²) in [5.74, 6) is 0. The minimum Gasteiger partial charge on any atom is -0.232 e. The van der Waals surface area contributed by atoms with E-state index in [2.05, 4.69) is 0 Å². The molecule has 0 aliphatic carbocycles. The molecule has 168 valence electrons. The Balaban J connectivity index is 1.83. The van der Waals surface area contributed by atoms with E-state index >= 15 is 0 Å². The van der Waals surface area contributed by atoms with Crippen molar-refractivity contribution in [3.63, 3.8) is 0 Å². The maximum absolute atomic E-state index is 14.2. The van der Waals surface area contributed by atoms with E-state index < -0.39 is 10.0 Å². The Bertz CT molecular complexity index is 1510. The summed E-state index contributed by atoms with van der Waals surface area (Å²) in [7, 11) is -3.88. The Morgan fingerprint density at radius 3 is 1.76 bits per heavy atom. The van der Waals surface area contributed by atoms with Crippen molar-refractivity contribution in [1.82, 2.24) is 3.97 Å². The van der Waals surface area contributed by atoms with Gasteiger partial charge in [0, 0.05) is 15.4 Å². The largest absolute Gasteiger partial charge is 0.268 e. The van der Waals surface area contributed by atoms with Gasteiger partial charge in [0.25, 0.3) is 10.0 Å². The van der Waals surface area contributed by atoms with E-state index in [1.807, 2.05) is 116 Å². The summed E-state index contributed by atoms with van der Waals surface area (Å²) in [5, 5.41) is 0. The van der Waals surface area contributed by atoms with Crippen LogP contribution in [0.5, 0.6) is 0 Å². The topological polar surface area (TPSA) is 39.1 Å². The normalized spacial score (nSPS) is 11.4. The van der Waals surface area contributed by atoms with Crippen LogP contribution in [0.15, 0.2) is 136 Å². The van der Waals surface area contributed by atoms with Gasteiger partial charge in [-0.3, -0.25) is 0 Å². The summed E-state index contributed by atoms with van der Waals surface area (Å²) < 4.78 is 29.8. The molecule has 0 aliphatic rings. The van der Waals surface area contributed by atoms with E-state index in [0.29, 0.717) is 11.4 Å². The van der Waals surface area contributed by atoms with Crippen LogP contribution in [-0.2, 0) is 10.0 Å². The Morgan fingerprint density at radius 2 is 1.18 bits per heavy atom. The highest BCUT2D eigenvalue weighted by Crippen LogP contribution is 2.43. The first-order chi connectivity index (χ1) is 16.5. The highest BCUT2D eigenvalue weighted by Gasteiger charge is 2.28. The number of rotatable bonds is 6. The molecule has 0 saturated heterocycles. The van der Waals surface area contributed by atoms with Crippen molar-refractivity contribution in [3.05, 3.63) is 127 Å². The monoisotopic (exact) mass is 481 g/mol. The van der Waals surface area contributed by atoms with Crippen LogP contribution >= 0.6 is 11.8 Å². The molecule has 5 heteroatoms. The van der Waals surface area contributed by atoms with Crippen molar-refractivity contribution in [1.29, 1.82) is 0 Å². The minimum absolute atomic E-state index is 0.263. The third-order valence-corrected chi connectivity index (χ3v) is 8.34. The lowest BCUT2D eigenvalue weighted by molar-refractivity contribution is 0.588. The van der Waals surface area contributed by atoms with E-state index in [1.165, 1.54) is 3.97 Å². The fraction of sp³-hybridized carbons (Fsp3) is 0.0345. The van der Waals surface area contributed by atoms with Crippen molar-refractivity contribution in [2.24, 2.45) is 0 Å². The highest BCUT2D eigenvalue weighted by atomic mass is 32.2. The number of hydrogen-bond donors (Lipinski definition) is 0. The van der Waals surface area contributed by atoms with Gasteiger partial charge < -0.3 is 0 Å². The predicted octanol–water partition coefficient (Wildman–Crippen LogP) is 7.52. The second-order valence-corrected chi connectivity index (χ2v) is 10.9. The first-order valence-corrected chi connectivity index (χ1v) is 13.2. The van der Waals surface area contributed by atoms with Gasteiger partial charge in [0.2, 0.25) is 0 Å². The van der Waals surface area contributed by atoms with Crippen molar-refractivity contribution in [2.75, 3.05) is 0 Å². The van der Waals surface area contributed by atoms with Crippen molar-refractivity contribution < 1.29 is 8.42 Å². The average Bonchev–Trinajstić information content (AvgIpc) is 3.26. The zero-order valence-electron chi connectivity index (χ0n) is 18.6. The second-order valence-electron chi connectivity index (χ2n) is 7.97. The number of aromatic nitrogens is 1. The summed E-state index contributed by atoms with van der Waals surface area (Å²) in [5.41, 5.74) is 4.00. The van der Waals surface area contributed by atoms with Gasteiger partial charge >= 0.3 is 0 Å². The summed E-state index contributed by atoms with van der Waals surface area (Å²) in [6, 6.07) is 38.4. The van der Waals surface area contributed by atoms with Crippen LogP contribution in [0.4, 0.5) is 0 Å². The molecule has 4 aromatic carbocycles. The van der Waals surface area contributed by atoms with E-state index in [9.17, 15) is 8.42 Å². The minimum atomic E-state index is -3.88. The van der Waals surface area contributed by atoms with E-state index in [1.54, 1.807) is 23.9 Å². The zero-order chi connectivity index (χ0) is 23.5. The highest BCUT2D eigenvalue weighted by molar-refractivity contribution is 7.99. The second kappa shape index (κ2) is 9.37. The zero-order valence-corrected chi connectivity index (χ0v) is 20.3. The molecule has 0 atom stereocenters. The smallest absolute Gasteiger partial charge is 0.232 e. The number of benzene rings is 4. The summed E-state index contributed by atoms with van der Waals surface area (Å²) in [4.78, 5) is 2.19. The molecule has 1 heterocycles. The quantitative estimate of drug-likeness (QED) is 0.252. The lowest BCUT2D eigenvalue weighted by Gasteiger charge is -2.16. The van der Waals surface area contributed by atoms with Crippen molar-refractivity contribution in [2.45, 2.75) is 21.6 Å². The Kier molecular flexibility index (Phi) is 6.14. The maximum atomic E-state index is 14.2. The lowest BCUT2D eigenvalue weighted by Crippen LogP contribution is -2.15. The Morgan fingerprint density at radius 1 is 0.647 bits per heavy atom. The number of nitrogens with zero attached hydrogens (tertiary/aromatic N) is 1. The maximum Gasteiger partial charge on any atom is 0.268 e. The van der Waals surface area contributed by atoms with Gasteiger partial charge in [0.15, 0.2) is 0 Å². The molecule has 5 aromatic rings. The third-order valence-electron chi connectivity index (χ3n) is 5.57. The van der Waals surface area contributed by atoms with Gasteiger partial charge in [0.1, 0.15) is 0 Å². The molecule has 0 aliphatic heterocycles. The predicted molar refractivity (Wildman–Crippen MR) is 140 cm³/mol. The SMILES string of the molecule is Cc1ccc(S(=O)(=O)n2c(-c3ccccc3)cc(Sc3ccccc3)c2-c2ccccc2)cc1. The first-order valence-electron chi connectivity index (χ1n) is 11.0. The molecule has 34 heavy (non-hydrogen) atoms. The molecule has 0 fully saturated rings. The molecule has 0 saturated carbocycles. The molecule has 0 N–H and O–H groups in total. The van der Waals surface area contributed by atoms with E-state index in [0.717, 1.165) is 26.5 Å². The summed E-state index contributed by atoms with van der Waals surface area (Å²) in [6.45, 7) is 1.95. The first kappa shape index (κ1) is 22.3. The van der Waals surface area contributed by atoms with Crippen LogP contribution in [0.2, 0.25) is 0 Å². The molecule has 1 aromatic heterocycles. The molecule has 0 amide bonds. The fourth-order valence-corrected chi connectivity index (χ4v) is 6.53. The number of aryl methyl sites for hydroxylation is 1. The van der Waals surface area contributed by atoms with E-state index in [-0.39, 0.29) is 4.90 Å². The van der Waals surface area contributed by atoms with E-state index in [4.69, 9.17) is 0 Å². The average molecular weight is 482 g/mol. The fourth-order valence-electron chi connectivity index (χ4n) is 3.90. The van der Waals surface area contributed by atoms with Crippen LogP contribution in [-0.4, -0.2) is 12.4 Å². The summed E-state index contributed by atoms with van der Waals surface area (Å²) in [6.07, 6.45) is 0. The molecule has 0 radical (unpaired) electrons. The Labute approximate surface area is 204 Å². The molecule has 0 spiro atoms.